The maximum atomic E-state index is 10.4. The molecule has 31 heavy (non-hydrogen) atoms. The van der Waals surface area contributed by atoms with Gasteiger partial charge in [-0.1, -0.05) is 11.6 Å². The maximum Gasteiger partial charge on any atom is 0.319 e. The molecule has 0 aliphatic carbocycles. The number of phenols is 1. The lowest BCUT2D eigenvalue weighted by Crippen LogP contribution is -2.38. The van der Waals surface area contributed by atoms with E-state index in [1.807, 2.05) is 13.0 Å². The highest BCUT2D eigenvalue weighted by Crippen LogP contribution is 2.23. The van der Waals surface area contributed by atoms with Crippen molar-refractivity contribution in [2.45, 2.75) is 6.92 Å². The molecular weight excluding hydrogens is 398 g/mol. The summed E-state index contributed by atoms with van der Waals surface area (Å²) in [7, 11) is 0. The van der Waals surface area contributed by atoms with Gasteiger partial charge in [-0.25, -0.2) is 4.98 Å². The summed E-state index contributed by atoms with van der Waals surface area (Å²) in [5, 5.41) is 14.3. The van der Waals surface area contributed by atoms with Crippen LogP contribution in [0.2, 0.25) is 0 Å². The highest BCUT2D eigenvalue weighted by Gasteiger charge is 2.18. The lowest BCUT2D eigenvalue weighted by atomic mass is 10.0. The molecule has 2 aromatic heterocycles. The third-order valence-electron chi connectivity index (χ3n) is 4.98. The average Bonchev–Trinajstić information content (AvgIpc) is 3.32. The van der Waals surface area contributed by atoms with Gasteiger partial charge in [0, 0.05) is 43.7 Å². The molecule has 0 radical (unpaired) electrons. The average molecular weight is 423 g/mol. The Morgan fingerprint density at radius 2 is 2.10 bits per heavy atom. The SMILES string of the molecule is Cc1ccc(O)c(C(=NN)c2cc(-n3ccnc3)nc(OCCN3CCOCC3)n2)c1. The molecule has 3 heterocycles. The first-order chi connectivity index (χ1) is 15.1. The van der Waals surface area contributed by atoms with Crippen molar-refractivity contribution in [2.75, 3.05) is 39.5 Å². The molecule has 0 atom stereocenters. The molecular formula is C21H25N7O3. The Bertz CT molecular complexity index is 1050. The molecule has 1 aliphatic rings. The van der Waals surface area contributed by atoms with E-state index in [0.717, 1.165) is 38.4 Å². The fourth-order valence-corrected chi connectivity index (χ4v) is 3.33. The number of phenolic OH excluding ortho intramolecular Hbond substituents is 1. The number of benzene rings is 1. The normalized spacial score (nSPS) is 15.2. The number of nitrogens with two attached hydrogens (primary N) is 1. The predicted molar refractivity (Wildman–Crippen MR) is 115 cm³/mol. The first-order valence-corrected chi connectivity index (χ1v) is 10.0. The topological polar surface area (TPSA) is 124 Å². The first-order valence-electron chi connectivity index (χ1n) is 10.0. The summed E-state index contributed by atoms with van der Waals surface area (Å²) in [6.45, 7) is 6.31. The second kappa shape index (κ2) is 9.54. The number of hydrogen-bond donors (Lipinski definition) is 2. The van der Waals surface area contributed by atoms with Crippen LogP contribution in [0.4, 0.5) is 0 Å². The minimum absolute atomic E-state index is 0.0624. The summed E-state index contributed by atoms with van der Waals surface area (Å²) in [6, 6.07) is 7.14. The smallest absolute Gasteiger partial charge is 0.319 e. The van der Waals surface area contributed by atoms with Gasteiger partial charge in [0.05, 0.1) is 13.2 Å². The third kappa shape index (κ3) is 4.98. The number of aromatic nitrogens is 4. The zero-order chi connectivity index (χ0) is 21.6. The van der Waals surface area contributed by atoms with Crippen LogP contribution in [0.15, 0.2) is 48.1 Å². The van der Waals surface area contributed by atoms with E-state index < -0.39 is 0 Å². The van der Waals surface area contributed by atoms with E-state index in [0.29, 0.717) is 29.4 Å². The summed E-state index contributed by atoms with van der Waals surface area (Å²) >= 11 is 0. The molecule has 4 rings (SSSR count). The molecule has 0 spiro atoms. The van der Waals surface area contributed by atoms with Gasteiger partial charge < -0.3 is 20.4 Å². The summed E-state index contributed by atoms with van der Waals surface area (Å²) in [5.41, 5.74) is 2.21. The fourth-order valence-electron chi connectivity index (χ4n) is 3.33. The second-order valence-corrected chi connectivity index (χ2v) is 7.16. The summed E-state index contributed by atoms with van der Waals surface area (Å²) in [5.74, 6) is 6.33. The standard InChI is InChI=1S/C21H25N7O3/c1-15-2-3-18(29)16(12-15)20(26-22)17-13-19(28-5-4-23-14-28)25-21(24-17)31-11-8-27-6-9-30-10-7-27/h2-5,12-14,29H,6-11,22H2,1H3. The second-order valence-electron chi connectivity index (χ2n) is 7.16. The maximum absolute atomic E-state index is 10.4. The molecule has 1 aliphatic heterocycles. The van der Waals surface area contributed by atoms with Gasteiger partial charge in [-0.3, -0.25) is 9.47 Å². The van der Waals surface area contributed by atoms with Gasteiger partial charge >= 0.3 is 6.01 Å². The van der Waals surface area contributed by atoms with Crippen molar-refractivity contribution in [3.63, 3.8) is 0 Å². The van der Waals surface area contributed by atoms with Crippen LogP contribution in [-0.4, -0.2) is 74.7 Å². The van der Waals surface area contributed by atoms with E-state index in [-0.39, 0.29) is 11.8 Å². The van der Waals surface area contributed by atoms with Crippen LogP contribution < -0.4 is 10.6 Å². The molecule has 10 heteroatoms. The molecule has 1 saturated heterocycles. The first kappa shape index (κ1) is 20.8. The molecule has 0 amide bonds. The molecule has 0 unspecified atom stereocenters. The van der Waals surface area contributed by atoms with Crippen LogP contribution in [0, 0.1) is 6.92 Å². The molecule has 1 aromatic carbocycles. The van der Waals surface area contributed by atoms with Gasteiger partial charge in [0.2, 0.25) is 0 Å². The number of ether oxygens (including phenoxy) is 2. The zero-order valence-electron chi connectivity index (χ0n) is 17.3. The zero-order valence-corrected chi connectivity index (χ0v) is 17.3. The van der Waals surface area contributed by atoms with E-state index in [9.17, 15) is 5.11 Å². The minimum Gasteiger partial charge on any atom is -0.507 e. The third-order valence-corrected chi connectivity index (χ3v) is 4.98. The van der Waals surface area contributed by atoms with Crippen LogP contribution in [-0.2, 0) is 4.74 Å². The number of morpholine rings is 1. The van der Waals surface area contributed by atoms with E-state index in [4.69, 9.17) is 15.3 Å². The molecule has 0 bridgehead atoms. The molecule has 10 nitrogen and oxygen atoms in total. The van der Waals surface area contributed by atoms with Gasteiger partial charge in [0.25, 0.3) is 0 Å². The number of rotatable bonds is 7. The number of imidazole rings is 1. The van der Waals surface area contributed by atoms with Crippen molar-refractivity contribution < 1.29 is 14.6 Å². The number of aromatic hydroxyl groups is 1. The largest absolute Gasteiger partial charge is 0.507 e. The lowest BCUT2D eigenvalue weighted by Gasteiger charge is -2.26. The van der Waals surface area contributed by atoms with Crippen molar-refractivity contribution in [1.29, 1.82) is 0 Å². The van der Waals surface area contributed by atoms with Gasteiger partial charge in [0.15, 0.2) is 0 Å². The Morgan fingerprint density at radius 1 is 1.26 bits per heavy atom. The Morgan fingerprint density at radius 3 is 2.84 bits per heavy atom. The van der Waals surface area contributed by atoms with Crippen LogP contribution in [0.25, 0.3) is 5.82 Å². The number of aryl methyl sites for hydroxylation is 1. The van der Waals surface area contributed by atoms with Crippen LogP contribution in [0.3, 0.4) is 0 Å². The van der Waals surface area contributed by atoms with Crippen LogP contribution in [0.5, 0.6) is 11.8 Å². The predicted octanol–water partition coefficient (Wildman–Crippen LogP) is 1.10. The highest BCUT2D eigenvalue weighted by atomic mass is 16.5. The number of hydrazone groups is 1. The number of nitrogens with zero attached hydrogens (tertiary/aromatic N) is 6. The minimum atomic E-state index is 0.0624. The quantitative estimate of drug-likeness (QED) is 0.329. The molecule has 0 saturated carbocycles. The summed E-state index contributed by atoms with van der Waals surface area (Å²) in [6.07, 6.45) is 5.06. The van der Waals surface area contributed by atoms with E-state index >= 15 is 0 Å². The number of hydrogen-bond acceptors (Lipinski definition) is 9. The van der Waals surface area contributed by atoms with E-state index in [2.05, 4.69) is 25.0 Å². The van der Waals surface area contributed by atoms with Gasteiger partial charge in [-0.2, -0.15) is 15.1 Å². The molecule has 3 aromatic rings. The monoisotopic (exact) mass is 423 g/mol. The Labute approximate surface area is 180 Å². The van der Waals surface area contributed by atoms with Gasteiger partial charge in [-0.15, -0.1) is 0 Å². The van der Waals surface area contributed by atoms with E-state index in [1.54, 1.807) is 41.5 Å². The van der Waals surface area contributed by atoms with Gasteiger partial charge in [-0.05, 0) is 19.1 Å². The molecule has 1 fully saturated rings. The highest BCUT2D eigenvalue weighted by molar-refractivity contribution is 6.13. The van der Waals surface area contributed by atoms with Crippen LogP contribution >= 0.6 is 0 Å². The Hall–Kier alpha value is -3.50. The summed E-state index contributed by atoms with van der Waals surface area (Å²) < 4.78 is 13.0. The van der Waals surface area contributed by atoms with Crippen molar-refractivity contribution in [3.05, 3.63) is 59.8 Å². The van der Waals surface area contributed by atoms with Crippen molar-refractivity contribution in [2.24, 2.45) is 10.9 Å². The van der Waals surface area contributed by atoms with Crippen molar-refractivity contribution >= 4 is 5.71 Å². The Kier molecular flexibility index (Phi) is 6.39. The Balaban J connectivity index is 1.63. The van der Waals surface area contributed by atoms with Crippen molar-refractivity contribution in [3.8, 4) is 17.6 Å². The summed E-state index contributed by atoms with van der Waals surface area (Å²) in [4.78, 5) is 15.4. The van der Waals surface area contributed by atoms with Gasteiger partial charge in [0.1, 0.15) is 35.9 Å². The lowest BCUT2D eigenvalue weighted by molar-refractivity contribution is 0.0317. The molecule has 3 N–H and O–H groups in total. The molecule has 162 valence electrons. The van der Waals surface area contributed by atoms with Crippen LogP contribution in [0.1, 0.15) is 16.8 Å². The fraction of sp³-hybridized carbons (Fsp3) is 0.333. The van der Waals surface area contributed by atoms with Crippen molar-refractivity contribution in [1.82, 2.24) is 24.4 Å². The van der Waals surface area contributed by atoms with E-state index in [1.165, 1.54) is 0 Å².